The van der Waals surface area contributed by atoms with E-state index in [-0.39, 0.29) is 33.6 Å². The van der Waals surface area contributed by atoms with Crippen molar-refractivity contribution in [1.29, 1.82) is 0 Å². The first-order chi connectivity index (χ1) is 16.1. The molecule has 36 heavy (non-hydrogen) atoms. The van der Waals surface area contributed by atoms with Gasteiger partial charge in [0.05, 0.1) is 12.2 Å². The van der Waals surface area contributed by atoms with E-state index in [0.29, 0.717) is 6.42 Å². The highest BCUT2D eigenvalue weighted by atomic mass is 28.4. The average molecular weight is 543 g/mol. The summed E-state index contributed by atoms with van der Waals surface area (Å²) in [7, 11) is -4.15. The van der Waals surface area contributed by atoms with E-state index in [1.165, 1.54) is 0 Å². The van der Waals surface area contributed by atoms with E-state index in [0.717, 1.165) is 19.3 Å². The second kappa shape index (κ2) is 10.9. The summed E-state index contributed by atoms with van der Waals surface area (Å²) in [5.74, 6) is -1.42. The molecule has 210 valence electrons. The molecule has 1 saturated heterocycles. The molecule has 2 rings (SSSR count). The number of carbonyl (C=O) groups excluding carboxylic acids is 1. The summed E-state index contributed by atoms with van der Waals surface area (Å²) in [5, 5.41) is 0.128. The van der Waals surface area contributed by atoms with Crippen LogP contribution in [0, 0.1) is 17.3 Å². The highest BCUT2D eigenvalue weighted by Crippen LogP contribution is 2.49. The highest BCUT2D eigenvalue weighted by molar-refractivity contribution is 6.74. The van der Waals surface area contributed by atoms with Crippen LogP contribution in [0.5, 0.6) is 0 Å². The predicted molar refractivity (Wildman–Crippen MR) is 153 cm³/mol. The maximum absolute atomic E-state index is 15.1. The van der Waals surface area contributed by atoms with Gasteiger partial charge < -0.3 is 13.6 Å². The Bertz CT molecular complexity index is 794. The molecule has 1 saturated carbocycles. The summed E-state index contributed by atoms with van der Waals surface area (Å²) >= 11 is 0. The topological polar surface area (TPSA) is 44.8 Å². The van der Waals surface area contributed by atoms with Crippen LogP contribution in [0.25, 0.3) is 0 Å². The first-order valence-corrected chi connectivity index (χ1v) is 19.8. The minimum atomic E-state index is -2.09. The van der Waals surface area contributed by atoms with Crippen molar-refractivity contribution in [3.05, 3.63) is 12.2 Å². The SMILES string of the molecule is CCCCC(C)(C)C(/C=C/[C@@H]1[C@@H]2[C@H](C[C@H]1O[Si](C)(C)C(C)(C)C)OC(=O)[C@H]2F)O[Si](C)(C)C(C)(C)C. The standard InChI is InChI=1S/C29H55FO4Si2/c1-14-15-18-29(8,9)23(34-36(12,13)28(5,6)7)17-16-20-21(33-35(10,11)27(2,3)4)19-22-24(20)25(30)26(31)32-22/h16-17,20-25H,14-15,18-19H2,1-13H3/b17-16+/t20-,21+,22-,23?,24+,25-/m0/s1. The maximum atomic E-state index is 15.1. The predicted octanol–water partition coefficient (Wildman–Crippen LogP) is 8.44. The zero-order chi connectivity index (χ0) is 27.9. The molecular formula is C29H55FO4Si2. The molecular weight excluding hydrogens is 487 g/mol. The van der Waals surface area contributed by atoms with Gasteiger partial charge in [-0.1, -0.05) is 87.3 Å². The van der Waals surface area contributed by atoms with E-state index in [4.69, 9.17) is 13.6 Å². The van der Waals surface area contributed by atoms with Crippen molar-refractivity contribution in [2.24, 2.45) is 17.3 Å². The third kappa shape index (κ3) is 6.92. The Kier molecular flexibility index (Phi) is 9.63. The van der Waals surface area contributed by atoms with Crippen LogP contribution in [0.2, 0.25) is 36.3 Å². The van der Waals surface area contributed by atoms with Crippen molar-refractivity contribution in [2.75, 3.05) is 0 Å². The molecule has 1 aliphatic carbocycles. The molecule has 0 N–H and O–H groups in total. The van der Waals surface area contributed by atoms with Crippen molar-refractivity contribution >= 4 is 22.6 Å². The fourth-order valence-corrected chi connectivity index (χ4v) is 7.56. The van der Waals surface area contributed by atoms with E-state index in [1.54, 1.807) is 0 Å². The van der Waals surface area contributed by atoms with Crippen LogP contribution in [0.4, 0.5) is 4.39 Å². The maximum Gasteiger partial charge on any atom is 0.341 e. The number of alkyl halides is 1. The molecule has 0 bridgehead atoms. The van der Waals surface area contributed by atoms with E-state index in [1.807, 2.05) is 0 Å². The summed E-state index contributed by atoms with van der Waals surface area (Å²) in [5.41, 5.74) is -0.0626. The Morgan fingerprint density at radius 1 is 1.03 bits per heavy atom. The van der Waals surface area contributed by atoms with Crippen LogP contribution in [-0.4, -0.2) is 47.1 Å². The second-order valence-corrected chi connectivity index (χ2v) is 24.5. The van der Waals surface area contributed by atoms with Gasteiger partial charge in [0.2, 0.25) is 6.17 Å². The summed E-state index contributed by atoms with van der Waals surface area (Å²) in [6.45, 7) is 29.3. The summed E-state index contributed by atoms with van der Waals surface area (Å²) < 4.78 is 34.4. The van der Waals surface area contributed by atoms with E-state index in [2.05, 4.69) is 101 Å². The molecule has 6 atom stereocenters. The van der Waals surface area contributed by atoms with Crippen LogP contribution in [-0.2, 0) is 18.4 Å². The number of ether oxygens (including phenoxy) is 1. The molecule has 1 aliphatic heterocycles. The van der Waals surface area contributed by atoms with Crippen LogP contribution in [0.15, 0.2) is 12.2 Å². The Balaban J connectivity index is 2.44. The zero-order valence-electron chi connectivity index (χ0n) is 25.5. The lowest BCUT2D eigenvalue weighted by Crippen LogP contribution is -2.47. The van der Waals surface area contributed by atoms with Gasteiger partial charge in [-0.15, -0.1) is 0 Å². The first-order valence-electron chi connectivity index (χ1n) is 14.0. The van der Waals surface area contributed by atoms with Crippen LogP contribution < -0.4 is 0 Å². The normalized spacial score (nSPS) is 29.1. The number of esters is 1. The Hall–Kier alpha value is -0.506. The van der Waals surface area contributed by atoms with Gasteiger partial charge in [-0.3, -0.25) is 0 Å². The van der Waals surface area contributed by atoms with Gasteiger partial charge in [-0.2, -0.15) is 0 Å². The number of unbranched alkanes of at least 4 members (excludes halogenated alkanes) is 1. The number of carbonyl (C=O) groups is 1. The number of hydrogen-bond acceptors (Lipinski definition) is 4. The molecule has 1 heterocycles. The fourth-order valence-electron chi connectivity index (χ4n) is 4.81. The van der Waals surface area contributed by atoms with Crippen LogP contribution >= 0.6 is 0 Å². The minimum absolute atomic E-state index is 0.0425. The first kappa shape index (κ1) is 31.7. The van der Waals surface area contributed by atoms with Gasteiger partial charge in [0.25, 0.3) is 0 Å². The molecule has 0 aromatic heterocycles. The van der Waals surface area contributed by atoms with Crippen LogP contribution in [0.3, 0.4) is 0 Å². The second-order valence-electron chi connectivity index (χ2n) is 15.0. The Morgan fingerprint density at radius 2 is 1.58 bits per heavy atom. The van der Waals surface area contributed by atoms with E-state index >= 15 is 4.39 Å². The fraction of sp³-hybridized carbons (Fsp3) is 0.897. The summed E-state index contributed by atoms with van der Waals surface area (Å²) in [6, 6.07) is 0. The molecule has 1 unspecified atom stereocenters. The largest absolute Gasteiger partial charge is 0.460 e. The highest BCUT2D eigenvalue weighted by Gasteiger charge is 2.57. The molecule has 0 amide bonds. The van der Waals surface area contributed by atoms with Crippen molar-refractivity contribution in [3.63, 3.8) is 0 Å². The number of halogens is 1. The third-order valence-electron chi connectivity index (χ3n) is 9.53. The van der Waals surface area contributed by atoms with Crippen molar-refractivity contribution in [2.45, 2.75) is 149 Å². The zero-order valence-corrected chi connectivity index (χ0v) is 27.5. The van der Waals surface area contributed by atoms with Gasteiger partial charge in [0.1, 0.15) is 6.10 Å². The van der Waals surface area contributed by atoms with Crippen molar-refractivity contribution in [3.8, 4) is 0 Å². The van der Waals surface area contributed by atoms with Crippen molar-refractivity contribution < 1.29 is 22.8 Å². The van der Waals surface area contributed by atoms with E-state index < -0.39 is 40.8 Å². The average Bonchev–Trinajstić information content (AvgIpc) is 3.16. The summed E-state index contributed by atoms with van der Waals surface area (Å²) in [4.78, 5) is 12.1. The monoisotopic (exact) mass is 542 g/mol. The number of rotatable bonds is 10. The number of fused-ring (bicyclic) bond motifs is 1. The molecule has 0 aromatic carbocycles. The van der Waals surface area contributed by atoms with Crippen molar-refractivity contribution in [1.82, 2.24) is 0 Å². The van der Waals surface area contributed by atoms with Gasteiger partial charge >= 0.3 is 5.97 Å². The Morgan fingerprint density at radius 3 is 2.08 bits per heavy atom. The molecule has 7 heteroatoms. The Labute approximate surface area is 223 Å². The van der Waals surface area contributed by atoms with Gasteiger partial charge in [-0.25, -0.2) is 9.18 Å². The molecule has 0 spiro atoms. The number of hydrogen-bond donors (Lipinski definition) is 0. The molecule has 0 aromatic rings. The quantitative estimate of drug-likeness (QED) is 0.158. The minimum Gasteiger partial charge on any atom is -0.460 e. The van der Waals surface area contributed by atoms with Gasteiger partial charge in [0, 0.05) is 18.3 Å². The molecule has 0 radical (unpaired) electrons. The van der Waals surface area contributed by atoms with Gasteiger partial charge in [0.15, 0.2) is 16.6 Å². The van der Waals surface area contributed by atoms with Crippen LogP contribution in [0.1, 0.15) is 88.0 Å². The smallest absolute Gasteiger partial charge is 0.341 e. The lowest BCUT2D eigenvalue weighted by atomic mass is 9.80. The molecule has 4 nitrogen and oxygen atoms in total. The molecule has 2 fully saturated rings. The lowest BCUT2D eigenvalue weighted by Gasteiger charge is -2.44. The van der Waals surface area contributed by atoms with E-state index in [9.17, 15) is 4.79 Å². The third-order valence-corrected chi connectivity index (χ3v) is 18.5. The summed E-state index contributed by atoms with van der Waals surface area (Å²) in [6.07, 6.45) is 5.95. The molecule has 2 aliphatic rings. The lowest BCUT2D eigenvalue weighted by molar-refractivity contribution is -0.145. The van der Waals surface area contributed by atoms with Gasteiger partial charge in [-0.05, 0) is 48.1 Å².